The fourth-order valence-corrected chi connectivity index (χ4v) is 3.28. The second-order valence-electron chi connectivity index (χ2n) is 4.01. The van der Waals surface area contributed by atoms with Gasteiger partial charge in [-0.3, -0.25) is 4.99 Å². The van der Waals surface area contributed by atoms with Gasteiger partial charge >= 0.3 is 0 Å². The number of thiophene rings is 1. The molecule has 2 nitrogen and oxygen atoms in total. The van der Waals surface area contributed by atoms with Crippen LogP contribution in [0.2, 0.25) is 0 Å². The largest absolute Gasteiger partial charge is 0.313 e. The summed E-state index contributed by atoms with van der Waals surface area (Å²) >= 11 is 3.89. The standard InChI is InChI=1S/C13H11IN2S/c14-16-13-11-4-2-1-3-9(11)7-12(15-13)10-5-6-17-8-10/h1-6,8,12H,7H2,(H,15,16). The lowest BCUT2D eigenvalue weighted by Crippen LogP contribution is -2.22. The Balaban J connectivity index is 2.04. The van der Waals surface area contributed by atoms with Crippen LogP contribution in [0.4, 0.5) is 0 Å². The summed E-state index contributed by atoms with van der Waals surface area (Å²) < 4.78 is 3.18. The highest BCUT2D eigenvalue weighted by molar-refractivity contribution is 14.1. The highest BCUT2D eigenvalue weighted by Crippen LogP contribution is 2.30. The van der Waals surface area contributed by atoms with E-state index in [-0.39, 0.29) is 6.04 Å². The summed E-state index contributed by atoms with van der Waals surface area (Å²) in [4.78, 5) is 4.79. The van der Waals surface area contributed by atoms with Gasteiger partial charge in [-0.15, -0.1) is 0 Å². The van der Waals surface area contributed by atoms with E-state index in [1.807, 2.05) is 0 Å². The molecule has 0 saturated heterocycles. The van der Waals surface area contributed by atoms with Crippen molar-refractivity contribution in [3.63, 3.8) is 0 Å². The first-order valence-corrected chi connectivity index (χ1v) is 7.45. The zero-order valence-electron chi connectivity index (χ0n) is 9.06. The van der Waals surface area contributed by atoms with E-state index in [9.17, 15) is 0 Å². The van der Waals surface area contributed by atoms with Crippen molar-refractivity contribution in [3.8, 4) is 0 Å². The van der Waals surface area contributed by atoms with E-state index in [2.05, 4.69) is 67.5 Å². The highest BCUT2D eigenvalue weighted by Gasteiger charge is 2.21. The first-order chi connectivity index (χ1) is 8.38. The lowest BCUT2D eigenvalue weighted by molar-refractivity contribution is 0.712. The summed E-state index contributed by atoms with van der Waals surface area (Å²) in [6, 6.07) is 10.9. The van der Waals surface area contributed by atoms with Crippen LogP contribution in [0.25, 0.3) is 0 Å². The van der Waals surface area contributed by atoms with E-state index in [0.29, 0.717) is 0 Å². The molecule has 0 amide bonds. The number of nitrogens with zero attached hydrogens (tertiary/aromatic N) is 1. The Bertz CT molecular complexity index is 548. The summed E-state index contributed by atoms with van der Waals surface area (Å²) in [5.41, 5.74) is 3.92. The van der Waals surface area contributed by atoms with E-state index in [0.717, 1.165) is 12.3 Å². The van der Waals surface area contributed by atoms with Crippen molar-refractivity contribution in [2.45, 2.75) is 12.5 Å². The minimum atomic E-state index is 0.258. The minimum Gasteiger partial charge on any atom is -0.313 e. The zero-order chi connectivity index (χ0) is 11.7. The third-order valence-corrected chi connectivity index (χ3v) is 4.20. The van der Waals surface area contributed by atoms with Gasteiger partial charge in [0.15, 0.2) is 0 Å². The molecule has 1 atom stereocenters. The van der Waals surface area contributed by atoms with Gasteiger partial charge in [0.25, 0.3) is 0 Å². The van der Waals surface area contributed by atoms with Crippen LogP contribution >= 0.6 is 34.2 Å². The molecule has 1 aliphatic rings. The Labute approximate surface area is 118 Å². The number of rotatable bonds is 1. The number of amidine groups is 1. The monoisotopic (exact) mass is 354 g/mol. The van der Waals surface area contributed by atoms with E-state index in [1.54, 1.807) is 11.3 Å². The molecule has 2 aromatic rings. The van der Waals surface area contributed by atoms with E-state index in [1.165, 1.54) is 16.7 Å². The molecule has 0 radical (unpaired) electrons. The van der Waals surface area contributed by atoms with Crippen LogP contribution in [-0.2, 0) is 6.42 Å². The molecule has 1 N–H and O–H groups in total. The lowest BCUT2D eigenvalue weighted by atomic mass is 9.94. The average molecular weight is 354 g/mol. The van der Waals surface area contributed by atoms with Crippen molar-refractivity contribution >= 4 is 40.0 Å². The van der Waals surface area contributed by atoms with Crippen molar-refractivity contribution in [2.75, 3.05) is 0 Å². The maximum absolute atomic E-state index is 4.79. The molecule has 1 aromatic carbocycles. The van der Waals surface area contributed by atoms with Crippen LogP contribution in [0.3, 0.4) is 0 Å². The second-order valence-corrected chi connectivity index (χ2v) is 5.33. The number of hydrogen-bond acceptors (Lipinski definition) is 3. The molecular formula is C13H11IN2S. The SMILES string of the molecule is INC1=NC(c2ccsc2)Cc2ccccc21. The number of halogens is 1. The van der Waals surface area contributed by atoms with E-state index in [4.69, 9.17) is 4.99 Å². The minimum absolute atomic E-state index is 0.258. The Morgan fingerprint density at radius 1 is 1.29 bits per heavy atom. The summed E-state index contributed by atoms with van der Waals surface area (Å²) in [6.45, 7) is 0. The van der Waals surface area contributed by atoms with Gasteiger partial charge in [-0.1, -0.05) is 24.3 Å². The topological polar surface area (TPSA) is 24.4 Å². The van der Waals surface area contributed by atoms with Gasteiger partial charge in [-0.05, 0) is 34.4 Å². The summed E-state index contributed by atoms with van der Waals surface area (Å²) in [6.07, 6.45) is 0.995. The number of fused-ring (bicyclic) bond motifs is 1. The maximum atomic E-state index is 4.79. The molecule has 1 aromatic heterocycles. The number of aliphatic imine (C=N–C) groups is 1. The van der Waals surface area contributed by atoms with E-state index < -0.39 is 0 Å². The second kappa shape index (κ2) is 4.78. The molecule has 0 fully saturated rings. The van der Waals surface area contributed by atoms with Crippen LogP contribution in [0.1, 0.15) is 22.7 Å². The predicted octanol–water partition coefficient (Wildman–Crippen LogP) is 3.73. The van der Waals surface area contributed by atoms with Crippen molar-refractivity contribution in [1.82, 2.24) is 3.53 Å². The van der Waals surface area contributed by atoms with Crippen molar-refractivity contribution in [3.05, 3.63) is 57.8 Å². The van der Waals surface area contributed by atoms with Gasteiger partial charge in [0.05, 0.1) is 28.9 Å². The van der Waals surface area contributed by atoms with Gasteiger partial charge in [-0.2, -0.15) is 11.3 Å². The summed E-state index contributed by atoms with van der Waals surface area (Å²) in [5, 5.41) is 4.30. The van der Waals surface area contributed by atoms with Gasteiger partial charge in [0, 0.05) is 5.56 Å². The molecule has 0 aliphatic carbocycles. The molecule has 1 unspecified atom stereocenters. The normalized spacial score (nSPS) is 18.4. The van der Waals surface area contributed by atoms with Gasteiger partial charge in [0.2, 0.25) is 0 Å². The molecule has 86 valence electrons. The Hall–Kier alpha value is -0.880. The molecular weight excluding hydrogens is 343 g/mol. The summed E-state index contributed by atoms with van der Waals surface area (Å²) in [7, 11) is 0. The maximum Gasteiger partial charge on any atom is 0.137 e. The Morgan fingerprint density at radius 2 is 2.18 bits per heavy atom. The van der Waals surface area contributed by atoms with Gasteiger partial charge in [0.1, 0.15) is 5.84 Å². The first-order valence-electron chi connectivity index (χ1n) is 5.43. The smallest absolute Gasteiger partial charge is 0.137 e. The molecule has 0 spiro atoms. The number of hydrogen-bond donors (Lipinski definition) is 1. The highest BCUT2D eigenvalue weighted by atomic mass is 127. The molecule has 0 saturated carbocycles. The van der Waals surface area contributed by atoms with Crippen LogP contribution in [0, 0.1) is 0 Å². The van der Waals surface area contributed by atoms with Gasteiger partial charge < -0.3 is 3.53 Å². The van der Waals surface area contributed by atoms with Crippen LogP contribution < -0.4 is 3.53 Å². The molecule has 17 heavy (non-hydrogen) atoms. The van der Waals surface area contributed by atoms with Gasteiger partial charge in [-0.25, -0.2) is 0 Å². The molecule has 2 heterocycles. The van der Waals surface area contributed by atoms with Crippen LogP contribution in [-0.4, -0.2) is 5.84 Å². The van der Waals surface area contributed by atoms with Crippen LogP contribution in [0.5, 0.6) is 0 Å². The zero-order valence-corrected chi connectivity index (χ0v) is 12.0. The first kappa shape index (κ1) is 11.2. The van der Waals surface area contributed by atoms with Crippen molar-refractivity contribution in [2.24, 2.45) is 4.99 Å². The Morgan fingerprint density at radius 3 is 2.94 bits per heavy atom. The number of nitrogens with one attached hydrogen (secondary N) is 1. The third-order valence-electron chi connectivity index (χ3n) is 2.99. The van der Waals surface area contributed by atoms with Crippen molar-refractivity contribution < 1.29 is 0 Å². The van der Waals surface area contributed by atoms with E-state index >= 15 is 0 Å². The quantitative estimate of drug-likeness (QED) is 0.613. The molecule has 1 aliphatic heterocycles. The van der Waals surface area contributed by atoms with Crippen molar-refractivity contribution in [1.29, 1.82) is 0 Å². The molecule has 3 rings (SSSR count). The fourth-order valence-electron chi connectivity index (χ4n) is 2.14. The fraction of sp³-hybridized carbons (Fsp3) is 0.154. The molecule has 0 bridgehead atoms. The predicted molar refractivity (Wildman–Crippen MR) is 80.9 cm³/mol. The molecule has 4 heteroatoms. The third kappa shape index (κ3) is 2.11. The summed E-state index contributed by atoms with van der Waals surface area (Å²) in [5.74, 6) is 0.989. The average Bonchev–Trinajstić information content (AvgIpc) is 2.91. The Kier molecular flexibility index (Phi) is 3.15. The number of benzene rings is 1. The lowest BCUT2D eigenvalue weighted by Gasteiger charge is -2.22. The van der Waals surface area contributed by atoms with Crippen LogP contribution in [0.15, 0.2) is 46.1 Å².